The summed E-state index contributed by atoms with van der Waals surface area (Å²) in [5.41, 5.74) is 1.68. The Morgan fingerprint density at radius 1 is 1.15 bits per heavy atom. The van der Waals surface area contributed by atoms with Gasteiger partial charge in [0.15, 0.2) is 0 Å². The van der Waals surface area contributed by atoms with Gasteiger partial charge in [-0.2, -0.15) is 0 Å². The summed E-state index contributed by atoms with van der Waals surface area (Å²) >= 11 is 13.9. The summed E-state index contributed by atoms with van der Waals surface area (Å²) in [6, 6.07) is 11.0. The SMILES string of the molecule is CC[C@H](C(=O)NC1CCCC1)N(Cc1ccc(Cl)cc1Cl)C(=O)CSCc1ccc(F)cc1. The van der Waals surface area contributed by atoms with Gasteiger partial charge in [-0.1, -0.05) is 61.2 Å². The third-order valence-electron chi connectivity index (χ3n) is 5.85. The lowest BCUT2D eigenvalue weighted by molar-refractivity contribution is -0.139. The maximum absolute atomic E-state index is 13.3. The fraction of sp³-hybridized carbons (Fsp3) is 0.440. The van der Waals surface area contributed by atoms with Crippen molar-refractivity contribution >= 4 is 46.8 Å². The third kappa shape index (κ3) is 7.62. The molecule has 0 unspecified atom stereocenters. The molecule has 4 nitrogen and oxygen atoms in total. The van der Waals surface area contributed by atoms with Crippen LogP contribution in [0.1, 0.15) is 50.2 Å². The first-order chi connectivity index (χ1) is 15.9. The van der Waals surface area contributed by atoms with E-state index in [1.54, 1.807) is 35.2 Å². The summed E-state index contributed by atoms with van der Waals surface area (Å²) in [6.07, 6.45) is 4.69. The van der Waals surface area contributed by atoms with Crippen LogP contribution in [0.5, 0.6) is 0 Å². The second-order valence-corrected chi connectivity index (χ2v) is 10.1. The largest absolute Gasteiger partial charge is 0.352 e. The fourth-order valence-electron chi connectivity index (χ4n) is 4.04. The zero-order valence-electron chi connectivity index (χ0n) is 18.7. The molecule has 0 saturated heterocycles. The van der Waals surface area contributed by atoms with Crippen LogP contribution in [0, 0.1) is 5.82 Å². The average molecular weight is 511 g/mol. The number of nitrogens with one attached hydrogen (secondary N) is 1. The molecule has 1 atom stereocenters. The highest BCUT2D eigenvalue weighted by molar-refractivity contribution is 7.99. The minimum Gasteiger partial charge on any atom is -0.352 e. The predicted octanol–water partition coefficient (Wildman–Crippen LogP) is 6.23. The average Bonchev–Trinajstić information content (AvgIpc) is 3.29. The molecule has 1 fully saturated rings. The van der Waals surface area contributed by atoms with Gasteiger partial charge >= 0.3 is 0 Å². The van der Waals surface area contributed by atoms with Crippen molar-refractivity contribution in [3.8, 4) is 0 Å². The summed E-state index contributed by atoms with van der Waals surface area (Å²) in [7, 11) is 0. The number of nitrogens with zero attached hydrogens (tertiary/aromatic N) is 1. The first-order valence-electron chi connectivity index (χ1n) is 11.2. The van der Waals surface area contributed by atoms with Crippen molar-refractivity contribution in [2.24, 2.45) is 0 Å². The Bertz CT molecular complexity index is 952. The molecule has 0 radical (unpaired) electrons. The normalized spacial score (nSPS) is 14.8. The van der Waals surface area contributed by atoms with Gasteiger partial charge in [-0.25, -0.2) is 4.39 Å². The molecule has 1 aliphatic carbocycles. The van der Waals surface area contributed by atoms with Gasteiger partial charge in [-0.15, -0.1) is 11.8 Å². The lowest BCUT2D eigenvalue weighted by Gasteiger charge is -2.31. The number of rotatable bonds is 10. The summed E-state index contributed by atoms with van der Waals surface area (Å²) in [5.74, 6) is 0.236. The van der Waals surface area contributed by atoms with E-state index in [2.05, 4.69) is 5.32 Å². The Balaban J connectivity index is 1.72. The molecule has 0 aliphatic heterocycles. The van der Waals surface area contributed by atoms with E-state index in [1.165, 1.54) is 23.9 Å². The number of hydrogen-bond acceptors (Lipinski definition) is 3. The molecule has 0 bridgehead atoms. The Morgan fingerprint density at radius 3 is 2.48 bits per heavy atom. The van der Waals surface area contributed by atoms with Crippen molar-refractivity contribution in [1.29, 1.82) is 0 Å². The minimum absolute atomic E-state index is 0.119. The number of carbonyl (C=O) groups is 2. The number of thioether (sulfide) groups is 1. The number of amides is 2. The van der Waals surface area contributed by atoms with Crippen LogP contribution in [0.4, 0.5) is 4.39 Å². The summed E-state index contributed by atoms with van der Waals surface area (Å²) in [5, 5.41) is 4.11. The minimum atomic E-state index is -0.587. The van der Waals surface area contributed by atoms with E-state index >= 15 is 0 Å². The van der Waals surface area contributed by atoms with E-state index in [4.69, 9.17) is 23.2 Å². The van der Waals surface area contributed by atoms with Gasteiger partial charge in [0.1, 0.15) is 11.9 Å². The Labute approximate surface area is 209 Å². The third-order valence-corrected chi connectivity index (χ3v) is 7.43. The second kappa shape index (κ2) is 12.6. The van der Waals surface area contributed by atoms with Gasteiger partial charge in [0.2, 0.25) is 11.8 Å². The number of carbonyl (C=O) groups excluding carboxylic acids is 2. The van der Waals surface area contributed by atoms with Crippen LogP contribution in [0.15, 0.2) is 42.5 Å². The van der Waals surface area contributed by atoms with E-state index in [0.717, 1.165) is 36.8 Å². The summed E-state index contributed by atoms with van der Waals surface area (Å²) in [6.45, 7) is 2.14. The number of halogens is 3. The first kappa shape index (κ1) is 25.9. The molecular formula is C25H29Cl2FN2O2S. The van der Waals surface area contributed by atoms with E-state index in [9.17, 15) is 14.0 Å². The zero-order valence-corrected chi connectivity index (χ0v) is 21.0. The summed E-state index contributed by atoms with van der Waals surface area (Å²) in [4.78, 5) is 28.1. The lowest BCUT2D eigenvalue weighted by Crippen LogP contribution is -2.51. The van der Waals surface area contributed by atoms with E-state index in [0.29, 0.717) is 22.2 Å². The molecular weight excluding hydrogens is 482 g/mol. The van der Waals surface area contributed by atoms with Crippen LogP contribution in [-0.4, -0.2) is 34.6 Å². The van der Waals surface area contributed by atoms with Gasteiger partial charge < -0.3 is 10.2 Å². The molecule has 1 saturated carbocycles. The van der Waals surface area contributed by atoms with E-state index < -0.39 is 6.04 Å². The maximum atomic E-state index is 13.3. The predicted molar refractivity (Wildman–Crippen MR) is 134 cm³/mol. The Kier molecular flexibility index (Phi) is 9.90. The topological polar surface area (TPSA) is 49.4 Å². The molecule has 0 aromatic heterocycles. The fourth-order valence-corrected chi connectivity index (χ4v) is 5.38. The molecule has 8 heteroatoms. The maximum Gasteiger partial charge on any atom is 0.243 e. The van der Waals surface area contributed by atoms with Crippen LogP contribution < -0.4 is 5.32 Å². The Hall–Kier alpha value is -1.76. The molecule has 1 N–H and O–H groups in total. The highest BCUT2D eigenvalue weighted by atomic mass is 35.5. The second-order valence-electron chi connectivity index (χ2n) is 8.29. The molecule has 178 valence electrons. The first-order valence-corrected chi connectivity index (χ1v) is 13.1. The highest BCUT2D eigenvalue weighted by Gasteiger charge is 2.30. The van der Waals surface area contributed by atoms with Gasteiger partial charge in [-0.05, 0) is 54.7 Å². The molecule has 3 rings (SSSR count). The summed E-state index contributed by atoms with van der Waals surface area (Å²) < 4.78 is 13.1. The molecule has 2 aromatic carbocycles. The van der Waals surface area contributed by atoms with Crippen molar-refractivity contribution in [3.63, 3.8) is 0 Å². The van der Waals surface area contributed by atoms with Crippen LogP contribution in [0.25, 0.3) is 0 Å². The van der Waals surface area contributed by atoms with Crippen LogP contribution in [0.2, 0.25) is 10.0 Å². The van der Waals surface area contributed by atoms with Gasteiger partial charge in [0, 0.05) is 28.4 Å². The lowest BCUT2D eigenvalue weighted by atomic mass is 10.1. The van der Waals surface area contributed by atoms with Gasteiger partial charge in [-0.3, -0.25) is 9.59 Å². The molecule has 1 aliphatic rings. The monoisotopic (exact) mass is 510 g/mol. The van der Waals surface area contributed by atoms with Crippen molar-refractivity contribution < 1.29 is 14.0 Å². The van der Waals surface area contributed by atoms with Crippen molar-refractivity contribution in [3.05, 3.63) is 69.5 Å². The smallest absolute Gasteiger partial charge is 0.243 e. The van der Waals surface area contributed by atoms with Crippen LogP contribution in [-0.2, 0) is 21.9 Å². The van der Waals surface area contributed by atoms with E-state index in [1.807, 2.05) is 6.92 Å². The number of hydrogen-bond donors (Lipinski definition) is 1. The van der Waals surface area contributed by atoms with Gasteiger partial charge in [0.25, 0.3) is 0 Å². The Morgan fingerprint density at radius 2 is 1.85 bits per heavy atom. The van der Waals surface area contributed by atoms with Crippen LogP contribution >= 0.6 is 35.0 Å². The standard InChI is InChI=1S/C25H29Cl2FN2O2S/c1-2-23(25(32)29-21-5-3-4-6-21)30(14-18-9-10-19(26)13-22(18)27)24(31)16-33-15-17-7-11-20(28)12-8-17/h7-13,21,23H,2-6,14-16H2,1H3,(H,29,32)/t23-/m1/s1. The zero-order chi connectivity index (χ0) is 23.8. The molecule has 2 aromatic rings. The van der Waals surface area contributed by atoms with Crippen LogP contribution in [0.3, 0.4) is 0 Å². The van der Waals surface area contributed by atoms with Crippen molar-refractivity contribution in [1.82, 2.24) is 10.2 Å². The highest BCUT2D eigenvalue weighted by Crippen LogP contribution is 2.25. The van der Waals surface area contributed by atoms with Crippen molar-refractivity contribution in [2.45, 2.75) is 63.4 Å². The molecule has 0 heterocycles. The molecule has 2 amide bonds. The number of benzene rings is 2. The van der Waals surface area contributed by atoms with E-state index in [-0.39, 0.29) is 36.0 Å². The van der Waals surface area contributed by atoms with Gasteiger partial charge in [0.05, 0.1) is 5.75 Å². The quantitative estimate of drug-likeness (QED) is 0.411. The van der Waals surface area contributed by atoms with Crippen molar-refractivity contribution in [2.75, 3.05) is 5.75 Å². The molecule has 0 spiro atoms. The molecule has 33 heavy (non-hydrogen) atoms.